The third-order valence-corrected chi connectivity index (χ3v) is 3.69. The van der Waals surface area contributed by atoms with Gasteiger partial charge in [-0.1, -0.05) is 18.2 Å². The number of ether oxygens (including phenoxy) is 1. The van der Waals surface area contributed by atoms with Crippen molar-refractivity contribution in [1.29, 1.82) is 0 Å². The maximum atomic E-state index is 14.5. The molecule has 0 fully saturated rings. The molecule has 0 aliphatic heterocycles. The van der Waals surface area contributed by atoms with Crippen LogP contribution in [0.4, 0.5) is 15.8 Å². The van der Waals surface area contributed by atoms with E-state index in [1.54, 1.807) is 19.2 Å². The van der Waals surface area contributed by atoms with Crippen LogP contribution in [0.5, 0.6) is 5.75 Å². The molecular weight excluding hydrogens is 330 g/mol. The Labute approximate surface area is 162 Å². The molecule has 7 heteroatoms. The molecule has 5 nitrogen and oxygen atoms in total. The second-order valence-corrected chi connectivity index (χ2v) is 5.28. The minimum absolute atomic E-state index is 0. The number of aromatic nitrogens is 1. The van der Waals surface area contributed by atoms with Gasteiger partial charge in [0.2, 0.25) is 0 Å². The van der Waals surface area contributed by atoms with Crippen molar-refractivity contribution in [2.45, 2.75) is 0 Å². The van der Waals surface area contributed by atoms with Gasteiger partial charge in [-0.3, -0.25) is 4.98 Å². The number of pyridine rings is 1. The van der Waals surface area contributed by atoms with Gasteiger partial charge in [0.25, 0.3) is 0 Å². The number of hydrogen-bond donors (Lipinski definition) is 2. The second-order valence-electron chi connectivity index (χ2n) is 5.28. The molecule has 0 unspecified atom stereocenters. The fourth-order valence-electron chi connectivity index (χ4n) is 2.42. The summed E-state index contributed by atoms with van der Waals surface area (Å²) in [5, 5.41) is 12.0. The van der Waals surface area contributed by atoms with Gasteiger partial charge in [0.1, 0.15) is 11.6 Å². The molecule has 26 heavy (non-hydrogen) atoms. The molecule has 0 saturated carbocycles. The molecule has 0 saturated heterocycles. The first-order valence-electron chi connectivity index (χ1n) is 7.47. The number of nitrogens with one attached hydrogen (secondary N) is 1. The van der Waals surface area contributed by atoms with E-state index in [1.807, 2.05) is 24.3 Å². The third kappa shape index (κ3) is 4.23. The van der Waals surface area contributed by atoms with E-state index in [9.17, 15) is 14.3 Å². The summed E-state index contributed by atoms with van der Waals surface area (Å²) in [6, 6.07) is 13.3. The fraction of sp³-hybridized carbons (Fsp3) is 0.0526. The minimum atomic E-state index is -1.11. The van der Waals surface area contributed by atoms with Crippen LogP contribution in [0.15, 0.2) is 60.9 Å². The predicted molar refractivity (Wildman–Crippen MR) is 100 cm³/mol. The Morgan fingerprint density at radius 2 is 1.88 bits per heavy atom. The Hall–Kier alpha value is -2.81. The SMILES string of the molecule is COc1cccc(-c2ccc(Nc3cnccc3C(=O)O)c(F)c2)c1.[LiH]. The Morgan fingerprint density at radius 1 is 1.12 bits per heavy atom. The number of anilines is 2. The van der Waals surface area contributed by atoms with Crippen molar-refractivity contribution in [2.75, 3.05) is 12.4 Å². The van der Waals surface area contributed by atoms with Crippen molar-refractivity contribution < 1.29 is 19.0 Å². The van der Waals surface area contributed by atoms with E-state index in [2.05, 4.69) is 10.3 Å². The van der Waals surface area contributed by atoms with Gasteiger partial charge in [0.15, 0.2) is 0 Å². The molecular formula is C19H16FLiN2O3. The van der Waals surface area contributed by atoms with Gasteiger partial charge in [-0.15, -0.1) is 0 Å². The zero-order valence-electron chi connectivity index (χ0n) is 13.4. The molecule has 2 aromatic carbocycles. The fourth-order valence-corrected chi connectivity index (χ4v) is 2.42. The first-order valence-corrected chi connectivity index (χ1v) is 7.47. The van der Waals surface area contributed by atoms with Crippen LogP contribution in [0.2, 0.25) is 0 Å². The van der Waals surface area contributed by atoms with E-state index in [4.69, 9.17) is 4.74 Å². The van der Waals surface area contributed by atoms with Crippen molar-refractivity contribution in [1.82, 2.24) is 4.98 Å². The Morgan fingerprint density at radius 3 is 2.58 bits per heavy atom. The van der Waals surface area contributed by atoms with Crippen LogP contribution in [0.25, 0.3) is 11.1 Å². The normalized spacial score (nSPS) is 9.92. The Kier molecular flexibility index (Phi) is 6.40. The number of aromatic carboxylic acids is 1. The number of halogens is 1. The Bertz CT molecular complexity index is 934. The number of rotatable bonds is 5. The molecule has 2 N–H and O–H groups in total. The molecule has 0 amide bonds. The second kappa shape index (κ2) is 8.52. The van der Waals surface area contributed by atoms with Gasteiger partial charge in [0, 0.05) is 6.20 Å². The van der Waals surface area contributed by atoms with Crippen molar-refractivity contribution in [2.24, 2.45) is 0 Å². The van der Waals surface area contributed by atoms with Crippen LogP contribution in [-0.2, 0) is 0 Å². The van der Waals surface area contributed by atoms with Gasteiger partial charge in [-0.05, 0) is 41.5 Å². The van der Waals surface area contributed by atoms with Crippen LogP contribution in [0.1, 0.15) is 10.4 Å². The summed E-state index contributed by atoms with van der Waals surface area (Å²) in [4.78, 5) is 15.1. The van der Waals surface area contributed by atoms with Crippen molar-refractivity contribution >= 4 is 36.2 Å². The molecule has 3 rings (SSSR count). The quantitative estimate of drug-likeness (QED) is 0.690. The topological polar surface area (TPSA) is 71.5 Å². The van der Waals surface area contributed by atoms with Gasteiger partial charge in [0.05, 0.1) is 30.2 Å². The number of hydrogen-bond acceptors (Lipinski definition) is 4. The zero-order valence-corrected chi connectivity index (χ0v) is 13.4. The van der Waals surface area contributed by atoms with Crippen molar-refractivity contribution in [3.8, 4) is 16.9 Å². The van der Waals surface area contributed by atoms with Gasteiger partial charge >= 0.3 is 24.8 Å². The number of nitrogens with zero attached hydrogens (tertiary/aromatic N) is 1. The van der Waals surface area contributed by atoms with E-state index < -0.39 is 11.8 Å². The Balaban J connectivity index is 0.00000243. The summed E-state index contributed by atoms with van der Waals surface area (Å²) in [5.74, 6) is -0.930. The number of carboxylic acid groups (broad SMARTS) is 1. The van der Waals surface area contributed by atoms with Crippen molar-refractivity contribution in [3.63, 3.8) is 0 Å². The van der Waals surface area contributed by atoms with Crippen LogP contribution in [-0.4, -0.2) is 42.0 Å². The molecule has 0 radical (unpaired) electrons. The molecule has 0 aliphatic carbocycles. The standard InChI is InChI=1S/C19H15FN2O3.Li.H/c1-25-14-4-2-3-12(9-14)13-5-6-17(16(20)10-13)22-18-11-21-8-7-15(18)19(23)24;;/h2-11,22H,1H3,(H,23,24);;. The van der Waals surface area contributed by atoms with E-state index in [1.165, 1.54) is 24.5 Å². The summed E-state index contributed by atoms with van der Waals surface area (Å²) in [5.41, 5.74) is 1.92. The molecule has 1 heterocycles. The predicted octanol–water partition coefficient (Wildman–Crippen LogP) is 3.69. The molecule has 0 aliphatic rings. The van der Waals surface area contributed by atoms with Gasteiger partial charge in [-0.2, -0.15) is 0 Å². The van der Waals surface area contributed by atoms with Crippen LogP contribution in [0.3, 0.4) is 0 Å². The average Bonchev–Trinajstić information content (AvgIpc) is 2.63. The van der Waals surface area contributed by atoms with E-state index in [0.29, 0.717) is 11.3 Å². The van der Waals surface area contributed by atoms with Crippen LogP contribution in [0, 0.1) is 5.82 Å². The van der Waals surface area contributed by atoms with Gasteiger partial charge in [-0.25, -0.2) is 9.18 Å². The molecule has 3 aromatic rings. The summed E-state index contributed by atoms with van der Waals surface area (Å²) in [7, 11) is 1.57. The van der Waals surface area contributed by atoms with Gasteiger partial charge < -0.3 is 15.2 Å². The first-order chi connectivity index (χ1) is 12.1. The third-order valence-electron chi connectivity index (χ3n) is 3.69. The monoisotopic (exact) mass is 346 g/mol. The number of methoxy groups -OCH3 is 1. The van der Waals surface area contributed by atoms with E-state index >= 15 is 0 Å². The maximum absolute atomic E-state index is 14.5. The summed E-state index contributed by atoms with van der Waals surface area (Å²) in [6.07, 6.45) is 2.72. The molecule has 0 bridgehead atoms. The van der Waals surface area contributed by atoms with E-state index in [-0.39, 0.29) is 35.8 Å². The van der Waals surface area contributed by atoms with Crippen molar-refractivity contribution in [3.05, 3.63) is 72.3 Å². The molecule has 1 aromatic heterocycles. The molecule has 128 valence electrons. The van der Waals surface area contributed by atoms with Crippen LogP contribution >= 0.6 is 0 Å². The van der Waals surface area contributed by atoms with E-state index in [0.717, 1.165) is 5.56 Å². The average molecular weight is 346 g/mol. The number of carboxylic acids is 1. The number of carbonyl (C=O) groups is 1. The van der Waals surface area contributed by atoms with Crippen LogP contribution < -0.4 is 10.1 Å². The zero-order chi connectivity index (χ0) is 17.8. The number of benzene rings is 2. The first kappa shape index (κ1) is 19.5. The summed E-state index contributed by atoms with van der Waals surface area (Å²) in [6.45, 7) is 0. The summed E-state index contributed by atoms with van der Waals surface area (Å²) >= 11 is 0. The molecule has 0 atom stereocenters. The summed E-state index contributed by atoms with van der Waals surface area (Å²) < 4.78 is 19.7. The molecule has 0 spiro atoms.